The number of urea groups is 1. The molecule has 2 aliphatic heterocycles. The molecule has 2 saturated heterocycles. The van der Waals surface area contributed by atoms with Gasteiger partial charge in [0.1, 0.15) is 12.1 Å². The number of rotatable bonds is 21. The number of quaternary nitrogens is 1. The Balaban J connectivity index is 1.80. The van der Waals surface area contributed by atoms with Crippen LogP contribution in [0.2, 0.25) is 0 Å². The van der Waals surface area contributed by atoms with Crippen LogP contribution in [-0.2, 0) is 36.1 Å². The summed E-state index contributed by atoms with van der Waals surface area (Å²) in [6, 6.07) is 2.98. The van der Waals surface area contributed by atoms with Crippen LogP contribution >= 0.6 is 0 Å². The molecule has 3 rings (SSSR count). The maximum atomic E-state index is 13.1. The Morgan fingerprint density at radius 3 is 2.15 bits per heavy atom. The summed E-state index contributed by atoms with van der Waals surface area (Å²) >= 11 is 0. The molecule has 0 radical (unpaired) electrons. The fourth-order valence-electron chi connectivity index (χ4n) is 7.93. The predicted molar refractivity (Wildman–Crippen MR) is 195 cm³/mol. The average molecular weight is 753 g/mol. The monoisotopic (exact) mass is 752 g/mol. The fourth-order valence-corrected chi connectivity index (χ4v) is 8.32. The second-order valence-electron chi connectivity index (χ2n) is 15.0. The lowest BCUT2D eigenvalue weighted by Gasteiger charge is -2.48. The van der Waals surface area contributed by atoms with Gasteiger partial charge in [0.2, 0.25) is 5.91 Å². The number of piperidine rings is 1. The molecule has 0 aliphatic carbocycles. The minimum absolute atomic E-state index is 0.0140. The number of amides is 5. The smallest absolute Gasteiger partial charge is 0.418 e. The Hall–Kier alpha value is -3.47. The molecule has 2 fully saturated rings. The second kappa shape index (κ2) is 19.0. The number of nitrogens with one attached hydrogen (secondary N) is 3. The predicted octanol–water partition coefficient (Wildman–Crippen LogP) is 4.19. The third-order valence-corrected chi connectivity index (χ3v) is 10.9. The van der Waals surface area contributed by atoms with Gasteiger partial charge in [-0.05, 0) is 61.1 Å². The third-order valence-electron chi connectivity index (χ3n) is 10.6. The lowest BCUT2D eigenvalue weighted by Crippen LogP contribution is -2.58. The van der Waals surface area contributed by atoms with Gasteiger partial charge in [-0.25, -0.2) is 4.79 Å². The van der Waals surface area contributed by atoms with E-state index in [9.17, 15) is 32.7 Å². The molecule has 3 atom stereocenters. The summed E-state index contributed by atoms with van der Waals surface area (Å²) in [7, 11) is -4.93. The second-order valence-corrected chi connectivity index (χ2v) is 16.0. The van der Waals surface area contributed by atoms with Crippen LogP contribution in [-0.4, -0.2) is 95.7 Å². The maximum absolute atomic E-state index is 13.1. The van der Waals surface area contributed by atoms with E-state index in [-0.39, 0.29) is 25.8 Å². The van der Waals surface area contributed by atoms with Crippen LogP contribution in [0.5, 0.6) is 0 Å². The fraction of sp³-hybridized carbons (Fsp3) is 0.722. The van der Waals surface area contributed by atoms with Gasteiger partial charge in [0, 0.05) is 18.7 Å². The SMILES string of the molecule is CCCC[N+](CCCC)(CCCC)C(CCC)CC(C)(C)c1cc(CC(=O)NNC(=O)[C@@H]2CC[C@@H]3CN2C(=O)N3OS(=O)(=O)O)ccc1NC(=O)[O-]. The van der Waals surface area contributed by atoms with Crippen LogP contribution in [0.3, 0.4) is 0 Å². The van der Waals surface area contributed by atoms with Gasteiger partial charge in [0.25, 0.3) is 5.91 Å². The van der Waals surface area contributed by atoms with Gasteiger partial charge < -0.3 is 24.6 Å². The first-order chi connectivity index (χ1) is 24.5. The first-order valence-electron chi connectivity index (χ1n) is 18.8. The normalized spacial score (nSPS) is 18.3. The van der Waals surface area contributed by atoms with Gasteiger partial charge in [-0.15, -0.1) is 4.28 Å². The van der Waals surface area contributed by atoms with Gasteiger partial charge in [0.05, 0.1) is 38.1 Å². The Kier molecular flexibility index (Phi) is 15.7. The van der Waals surface area contributed by atoms with E-state index in [0.29, 0.717) is 22.4 Å². The summed E-state index contributed by atoms with van der Waals surface area (Å²) in [4.78, 5) is 51.7. The molecule has 2 aliphatic rings. The summed E-state index contributed by atoms with van der Waals surface area (Å²) in [6.07, 6.45) is 8.55. The number of carbonyl (C=O) groups excluding carboxylic acids is 4. The van der Waals surface area contributed by atoms with Crippen LogP contribution in [0.15, 0.2) is 18.2 Å². The lowest BCUT2D eigenvalue weighted by atomic mass is 9.75. The highest BCUT2D eigenvalue weighted by Crippen LogP contribution is 2.39. The average Bonchev–Trinajstić information content (AvgIpc) is 3.30. The van der Waals surface area contributed by atoms with Crippen molar-refractivity contribution in [1.82, 2.24) is 20.8 Å². The zero-order valence-electron chi connectivity index (χ0n) is 31.7. The van der Waals surface area contributed by atoms with Gasteiger partial charge in [-0.1, -0.05) is 79.4 Å². The van der Waals surface area contributed by atoms with Crippen molar-refractivity contribution < 1.29 is 46.0 Å². The first-order valence-corrected chi connectivity index (χ1v) is 20.2. The Morgan fingerprint density at radius 1 is 1.00 bits per heavy atom. The zero-order chi connectivity index (χ0) is 38.7. The molecule has 1 aromatic carbocycles. The molecule has 52 heavy (non-hydrogen) atoms. The van der Waals surface area contributed by atoms with E-state index in [1.54, 1.807) is 12.1 Å². The minimum atomic E-state index is -4.93. The summed E-state index contributed by atoms with van der Waals surface area (Å²) in [5.74, 6) is -1.20. The van der Waals surface area contributed by atoms with E-state index in [0.717, 1.165) is 92.4 Å². The largest absolute Gasteiger partial charge is 0.530 e. The molecule has 2 bridgehead atoms. The molecule has 294 valence electrons. The van der Waals surface area contributed by atoms with Crippen molar-refractivity contribution in [3.8, 4) is 0 Å². The molecule has 2 heterocycles. The number of hydrazine groups is 1. The highest BCUT2D eigenvalue weighted by molar-refractivity contribution is 7.80. The van der Waals surface area contributed by atoms with Gasteiger partial charge in [-0.2, -0.15) is 13.5 Å². The molecule has 1 unspecified atom stereocenters. The summed E-state index contributed by atoms with van der Waals surface area (Å²) in [6.45, 7) is 16.5. The number of benzene rings is 1. The van der Waals surface area contributed by atoms with Gasteiger partial charge in [-0.3, -0.25) is 25.0 Å². The van der Waals surface area contributed by atoms with Crippen molar-refractivity contribution in [2.45, 2.75) is 142 Å². The van der Waals surface area contributed by atoms with E-state index in [2.05, 4.69) is 62.0 Å². The Labute approximate surface area is 309 Å². The summed E-state index contributed by atoms with van der Waals surface area (Å²) in [5.41, 5.74) is 6.06. The van der Waals surface area contributed by atoms with Gasteiger partial charge >= 0.3 is 16.4 Å². The molecule has 16 heteroatoms. The number of fused-ring (bicyclic) bond motifs is 2. The lowest BCUT2D eigenvalue weighted by molar-refractivity contribution is -0.953. The Morgan fingerprint density at radius 2 is 1.62 bits per heavy atom. The molecule has 0 saturated carbocycles. The van der Waals surface area contributed by atoms with Crippen LogP contribution in [0.25, 0.3) is 0 Å². The number of hydrogen-bond donors (Lipinski definition) is 4. The van der Waals surface area contributed by atoms with E-state index < -0.39 is 51.8 Å². The van der Waals surface area contributed by atoms with E-state index in [4.69, 9.17) is 4.55 Å². The molecule has 0 spiro atoms. The number of unbranched alkanes of at least 4 members (excludes halogenated alkanes) is 3. The van der Waals surface area contributed by atoms with Crippen LogP contribution < -0.4 is 21.3 Å². The summed E-state index contributed by atoms with van der Waals surface area (Å²) < 4.78 is 36.8. The standard InChI is InChI=1S/C36H60N6O9S/c1-7-11-19-42(20-12-8-2,21-13-9-3)28(14-10-4)24-36(5,6)29-22-26(15-17-30(29)37-34(45)46)23-32(43)38-39-33(44)31-18-16-27-25-40(31)35(47)41(27)51-52(48,49)50/h15,17,22,27-28,31,37H,7-14,16,18-21,23-25H2,1-6H3,(H3-,38,39,43,44,45,46,48,49,50)/t27-,28?,31+/m1/s1. The van der Waals surface area contributed by atoms with Crippen molar-refractivity contribution in [1.29, 1.82) is 0 Å². The molecule has 1 aromatic rings. The highest BCUT2D eigenvalue weighted by atomic mass is 32.3. The number of carbonyl (C=O) groups is 4. The number of carboxylic acid groups (broad SMARTS) is 1. The number of hydrogen-bond acceptors (Lipinski definition) is 8. The van der Waals surface area contributed by atoms with E-state index in [1.807, 2.05) is 6.07 Å². The van der Waals surface area contributed by atoms with Crippen molar-refractivity contribution in [3.63, 3.8) is 0 Å². The van der Waals surface area contributed by atoms with Crippen molar-refractivity contribution in [2.75, 3.05) is 31.5 Å². The molecule has 5 amide bonds. The number of hydroxylamine groups is 2. The van der Waals surface area contributed by atoms with Crippen molar-refractivity contribution in [3.05, 3.63) is 29.3 Å². The van der Waals surface area contributed by atoms with Gasteiger partial charge in [0.15, 0.2) is 0 Å². The minimum Gasteiger partial charge on any atom is -0.530 e. The maximum Gasteiger partial charge on any atom is 0.418 e. The molecule has 4 N–H and O–H groups in total. The van der Waals surface area contributed by atoms with E-state index >= 15 is 0 Å². The van der Waals surface area contributed by atoms with Crippen LogP contribution in [0.4, 0.5) is 15.3 Å². The van der Waals surface area contributed by atoms with Crippen molar-refractivity contribution in [2.24, 2.45) is 0 Å². The summed E-state index contributed by atoms with van der Waals surface area (Å²) in [5, 5.41) is 14.8. The topological polar surface area (TPSA) is 198 Å². The molecular weight excluding hydrogens is 692 g/mol. The molecular formula is C36H60N6O9S. The van der Waals surface area contributed by atoms with Crippen LogP contribution in [0.1, 0.15) is 123 Å². The number of anilines is 1. The molecule has 15 nitrogen and oxygen atoms in total. The number of nitrogens with zero attached hydrogens (tertiary/aromatic N) is 3. The highest BCUT2D eigenvalue weighted by Gasteiger charge is 2.49. The zero-order valence-corrected chi connectivity index (χ0v) is 32.6. The first kappa shape index (κ1) is 42.9. The molecule has 0 aromatic heterocycles. The van der Waals surface area contributed by atoms with E-state index in [1.165, 1.54) is 0 Å². The van der Waals surface area contributed by atoms with Crippen LogP contribution in [0, 0.1) is 0 Å². The third kappa shape index (κ3) is 11.5. The van der Waals surface area contributed by atoms with Crippen molar-refractivity contribution >= 4 is 40.0 Å². The Bertz CT molecular complexity index is 1480. The quantitative estimate of drug-likeness (QED) is 0.0809.